The zero-order chi connectivity index (χ0) is 11.1. The van der Waals surface area contributed by atoms with Gasteiger partial charge in [0.1, 0.15) is 0 Å². The smallest absolute Gasteiger partial charge is 0.0681 e. The minimum atomic E-state index is -0.241. The lowest BCUT2D eigenvalue weighted by atomic mass is 10.1. The highest BCUT2D eigenvalue weighted by Crippen LogP contribution is 2.03. The first-order chi connectivity index (χ1) is 7.22. The number of hydrogen-bond donors (Lipinski definition) is 3. The predicted octanol–water partition coefficient (Wildman–Crippen LogP) is 1.04. The molecule has 0 spiro atoms. The molecule has 0 radical (unpaired) electrons. The maximum Gasteiger partial charge on any atom is 0.0681 e. The molecule has 0 bridgehead atoms. The molecule has 84 valence electrons. The summed E-state index contributed by atoms with van der Waals surface area (Å²) in [6, 6.07) is 7.85. The van der Waals surface area contributed by atoms with Gasteiger partial charge < -0.3 is 15.5 Å². The van der Waals surface area contributed by atoms with Gasteiger partial charge in [-0.3, -0.25) is 0 Å². The third-order valence-electron chi connectivity index (χ3n) is 2.27. The fourth-order valence-electron chi connectivity index (χ4n) is 1.31. The van der Waals surface area contributed by atoms with Crippen molar-refractivity contribution in [2.24, 2.45) is 0 Å². The largest absolute Gasteiger partial charge is 0.393 e. The molecule has 3 heteroatoms. The van der Waals surface area contributed by atoms with Crippen LogP contribution in [0.1, 0.15) is 24.5 Å². The van der Waals surface area contributed by atoms with Crippen molar-refractivity contribution >= 4 is 0 Å². The third kappa shape index (κ3) is 4.93. The molecule has 0 saturated carbocycles. The van der Waals surface area contributed by atoms with Crippen molar-refractivity contribution in [2.45, 2.75) is 32.6 Å². The molecule has 1 rings (SSSR count). The zero-order valence-corrected chi connectivity index (χ0v) is 9.11. The van der Waals surface area contributed by atoms with Crippen LogP contribution in [0, 0.1) is 0 Å². The average molecular weight is 209 g/mol. The van der Waals surface area contributed by atoms with Crippen LogP contribution >= 0.6 is 0 Å². The quantitative estimate of drug-likeness (QED) is 0.614. The first kappa shape index (κ1) is 12.2. The number of hydrogen-bond acceptors (Lipinski definition) is 3. The summed E-state index contributed by atoms with van der Waals surface area (Å²) in [4.78, 5) is 0. The normalized spacial score (nSPS) is 12.7. The Morgan fingerprint density at radius 1 is 1.20 bits per heavy atom. The van der Waals surface area contributed by atoms with E-state index in [1.54, 1.807) is 6.92 Å². The number of benzene rings is 1. The van der Waals surface area contributed by atoms with Crippen LogP contribution in [0.2, 0.25) is 0 Å². The van der Waals surface area contributed by atoms with E-state index >= 15 is 0 Å². The number of aliphatic hydroxyl groups excluding tert-OH is 2. The van der Waals surface area contributed by atoms with E-state index in [-0.39, 0.29) is 12.7 Å². The van der Waals surface area contributed by atoms with Crippen LogP contribution in [-0.2, 0) is 13.2 Å². The second-order valence-electron chi connectivity index (χ2n) is 3.79. The Morgan fingerprint density at radius 3 is 2.33 bits per heavy atom. The summed E-state index contributed by atoms with van der Waals surface area (Å²) in [5, 5.41) is 21.2. The van der Waals surface area contributed by atoms with Gasteiger partial charge in [0, 0.05) is 6.54 Å². The Hall–Kier alpha value is -0.900. The van der Waals surface area contributed by atoms with E-state index in [9.17, 15) is 0 Å². The molecule has 3 nitrogen and oxygen atoms in total. The summed E-state index contributed by atoms with van der Waals surface area (Å²) in [5.41, 5.74) is 2.13. The van der Waals surface area contributed by atoms with E-state index in [0.717, 1.165) is 25.1 Å². The summed E-state index contributed by atoms with van der Waals surface area (Å²) in [7, 11) is 0. The summed E-state index contributed by atoms with van der Waals surface area (Å²) in [5.74, 6) is 0. The van der Waals surface area contributed by atoms with Crippen LogP contribution in [0.15, 0.2) is 24.3 Å². The van der Waals surface area contributed by atoms with Crippen molar-refractivity contribution < 1.29 is 10.2 Å². The van der Waals surface area contributed by atoms with Gasteiger partial charge in [0.2, 0.25) is 0 Å². The lowest BCUT2D eigenvalue weighted by molar-refractivity contribution is 0.183. The molecule has 1 aromatic carbocycles. The highest BCUT2D eigenvalue weighted by Gasteiger charge is 1.96. The Labute approximate surface area is 90.8 Å². The van der Waals surface area contributed by atoms with Gasteiger partial charge in [0.05, 0.1) is 12.7 Å². The molecule has 1 atom stereocenters. The van der Waals surface area contributed by atoms with Crippen LogP contribution < -0.4 is 5.32 Å². The summed E-state index contributed by atoms with van der Waals surface area (Å²) >= 11 is 0. The average Bonchev–Trinajstić information content (AvgIpc) is 2.25. The molecular weight excluding hydrogens is 190 g/mol. The van der Waals surface area contributed by atoms with Crippen LogP contribution in [0.3, 0.4) is 0 Å². The molecule has 0 aromatic heterocycles. The monoisotopic (exact) mass is 209 g/mol. The molecule has 3 N–H and O–H groups in total. The Morgan fingerprint density at radius 2 is 1.80 bits per heavy atom. The van der Waals surface area contributed by atoms with E-state index in [4.69, 9.17) is 10.2 Å². The van der Waals surface area contributed by atoms with E-state index in [1.807, 2.05) is 24.3 Å². The second kappa shape index (κ2) is 6.56. The molecule has 1 aromatic rings. The minimum Gasteiger partial charge on any atom is -0.393 e. The fourth-order valence-corrected chi connectivity index (χ4v) is 1.31. The topological polar surface area (TPSA) is 52.5 Å². The zero-order valence-electron chi connectivity index (χ0n) is 9.11. The van der Waals surface area contributed by atoms with Gasteiger partial charge in [-0.25, -0.2) is 0 Å². The Balaban J connectivity index is 2.25. The SMILES string of the molecule is CC(O)CCNCc1ccc(CO)cc1. The number of nitrogens with one attached hydrogen (secondary N) is 1. The molecule has 0 aliphatic rings. The maximum atomic E-state index is 9.05. The Bertz CT molecular complexity index is 269. The van der Waals surface area contributed by atoms with Crippen molar-refractivity contribution in [2.75, 3.05) is 6.54 Å². The van der Waals surface area contributed by atoms with Gasteiger partial charge in [-0.15, -0.1) is 0 Å². The van der Waals surface area contributed by atoms with E-state index < -0.39 is 0 Å². The molecule has 1 unspecified atom stereocenters. The molecule has 0 amide bonds. The number of rotatable bonds is 6. The number of aliphatic hydroxyl groups is 2. The lowest BCUT2D eigenvalue weighted by Crippen LogP contribution is -2.18. The predicted molar refractivity (Wildman–Crippen MR) is 60.4 cm³/mol. The third-order valence-corrected chi connectivity index (χ3v) is 2.27. The van der Waals surface area contributed by atoms with Crippen molar-refractivity contribution in [1.82, 2.24) is 5.32 Å². The highest BCUT2D eigenvalue weighted by molar-refractivity contribution is 5.21. The van der Waals surface area contributed by atoms with Crippen molar-refractivity contribution in [1.29, 1.82) is 0 Å². The Kier molecular flexibility index (Phi) is 5.32. The van der Waals surface area contributed by atoms with E-state index in [2.05, 4.69) is 5.32 Å². The van der Waals surface area contributed by atoms with Crippen LogP contribution in [0.25, 0.3) is 0 Å². The van der Waals surface area contributed by atoms with Gasteiger partial charge in [-0.05, 0) is 31.0 Å². The van der Waals surface area contributed by atoms with Gasteiger partial charge in [0.25, 0.3) is 0 Å². The van der Waals surface area contributed by atoms with Gasteiger partial charge in [0.15, 0.2) is 0 Å². The molecular formula is C12H19NO2. The van der Waals surface area contributed by atoms with Crippen molar-refractivity contribution in [3.63, 3.8) is 0 Å². The van der Waals surface area contributed by atoms with E-state index in [1.165, 1.54) is 5.56 Å². The first-order valence-electron chi connectivity index (χ1n) is 5.30. The van der Waals surface area contributed by atoms with Crippen LogP contribution in [0.4, 0.5) is 0 Å². The fraction of sp³-hybridized carbons (Fsp3) is 0.500. The van der Waals surface area contributed by atoms with Gasteiger partial charge in [-0.2, -0.15) is 0 Å². The summed E-state index contributed by atoms with van der Waals surface area (Å²) in [6.07, 6.45) is 0.531. The summed E-state index contributed by atoms with van der Waals surface area (Å²) < 4.78 is 0. The minimum absolute atomic E-state index is 0.0930. The highest BCUT2D eigenvalue weighted by atomic mass is 16.3. The maximum absolute atomic E-state index is 9.05. The van der Waals surface area contributed by atoms with Gasteiger partial charge in [-0.1, -0.05) is 24.3 Å². The first-order valence-corrected chi connectivity index (χ1v) is 5.30. The molecule has 0 saturated heterocycles. The second-order valence-corrected chi connectivity index (χ2v) is 3.79. The van der Waals surface area contributed by atoms with Crippen LogP contribution in [0.5, 0.6) is 0 Å². The molecule has 0 fully saturated rings. The molecule has 0 aliphatic carbocycles. The van der Waals surface area contributed by atoms with Crippen molar-refractivity contribution in [3.8, 4) is 0 Å². The molecule has 0 aliphatic heterocycles. The summed E-state index contributed by atoms with van der Waals surface area (Å²) in [6.45, 7) is 3.51. The molecule has 0 heterocycles. The van der Waals surface area contributed by atoms with Crippen molar-refractivity contribution in [3.05, 3.63) is 35.4 Å². The van der Waals surface area contributed by atoms with Gasteiger partial charge >= 0.3 is 0 Å². The standard InChI is InChI=1S/C12H19NO2/c1-10(15)6-7-13-8-11-2-4-12(9-14)5-3-11/h2-5,10,13-15H,6-9H2,1H3. The lowest BCUT2D eigenvalue weighted by Gasteiger charge is -2.06. The van der Waals surface area contributed by atoms with E-state index in [0.29, 0.717) is 0 Å². The van der Waals surface area contributed by atoms with Crippen LogP contribution in [-0.4, -0.2) is 22.9 Å². The molecule has 15 heavy (non-hydrogen) atoms.